The van der Waals surface area contributed by atoms with Crippen LogP contribution < -0.4 is 15.4 Å². The summed E-state index contributed by atoms with van der Waals surface area (Å²) >= 11 is 0. The molecular formula is C15H15N3O2. The van der Waals surface area contributed by atoms with E-state index in [1.807, 2.05) is 37.3 Å². The maximum Gasteiger partial charge on any atom is 0.246 e. The third-order valence-corrected chi connectivity index (χ3v) is 3.33. The molecule has 1 aliphatic heterocycles. The fraction of sp³-hybridized carbons (Fsp3) is 0.200. The molecule has 0 saturated heterocycles. The molecule has 20 heavy (non-hydrogen) atoms. The summed E-state index contributed by atoms with van der Waals surface area (Å²) in [5.74, 6) is 1.34. The maximum atomic E-state index is 11.8. The van der Waals surface area contributed by atoms with Crippen molar-refractivity contribution in [3.63, 3.8) is 0 Å². The Morgan fingerprint density at radius 1 is 1.35 bits per heavy atom. The standard InChI is InChI=1S/C15H15N3O2/c1-9-13(4-3-7-17-9)20-10-5-6-11-12(8-10)18-15(19)14(11)16-2/h3-8,14,16H,1-2H3,(H,18,19). The van der Waals surface area contributed by atoms with Crippen LogP contribution in [-0.2, 0) is 4.79 Å². The number of fused-ring (bicyclic) bond motifs is 1. The number of nitrogens with zero attached hydrogens (tertiary/aromatic N) is 1. The number of aryl methyl sites for hydroxylation is 1. The minimum Gasteiger partial charge on any atom is -0.455 e. The molecule has 1 aromatic heterocycles. The fourth-order valence-electron chi connectivity index (χ4n) is 2.30. The lowest BCUT2D eigenvalue weighted by Gasteiger charge is -2.10. The number of amides is 1. The monoisotopic (exact) mass is 269 g/mol. The lowest BCUT2D eigenvalue weighted by atomic mass is 10.1. The smallest absolute Gasteiger partial charge is 0.246 e. The van der Waals surface area contributed by atoms with Crippen molar-refractivity contribution in [3.05, 3.63) is 47.8 Å². The zero-order chi connectivity index (χ0) is 14.1. The van der Waals surface area contributed by atoms with Gasteiger partial charge in [-0.3, -0.25) is 9.78 Å². The van der Waals surface area contributed by atoms with E-state index in [-0.39, 0.29) is 11.9 Å². The molecule has 1 aliphatic rings. The average Bonchev–Trinajstić information content (AvgIpc) is 2.76. The van der Waals surface area contributed by atoms with Gasteiger partial charge in [0.15, 0.2) is 0 Å². The zero-order valence-corrected chi connectivity index (χ0v) is 11.3. The van der Waals surface area contributed by atoms with Gasteiger partial charge in [0.1, 0.15) is 17.5 Å². The average molecular weight is 269 g/mol. The van der Waals surface area contributed by atoms with Crippen molar-refractivity contribution in [2.24, 2.45) is 0 Å². The third kappa shape index (κ3) is 2.12. The van der Waals surface area contributed by atoms with E-state index in [2.05, 4.69) is 15.6 Å². The Balaban J connectivity index is 1.90. The van der Waals surface area contributed by atoms with Gasteiger partial charge in [-0.2, -0.15) is 0 Å². The second-order valence-electron chi connectivity index (χ2n) is 4.65. The van der Waals surface area contributed by atoms with Crippen LogP contribution in [-0.4, -0.2) is 17.9 Å². The van der Waals surface area contributed by atoms with Crippen molar-refractivity contribution in [1.82, 2.24) is 10.3 Å². The Morgan fingerprint density at radius 2 is 2.20 bits per heavy atom. The van der Waals surface area contributed by atoms with Crippen LogP contribution in [0.15, 0.2) is 36.5 Å². The van der Waals surface area contributed by atoms with Crippen molar-refractivity contribution in [3.8, 4) is 11.5 Å². The summed E-state index contributed by atoms with van der Waals surface area (Å²) in [6.45, 7) is 1.89. The van der Waals surface area contributed by atoms with Crippen molar-refractivity contribution in [1.29, 1.82) is 0 Å². The largest absolute Gasteiger partial charge is 0.455 e. The Hall–Kier alpha value is -2.40. The first-order valence-corrected chi connectivity index (χ1v) is 6.40. The molecule has 5 nitrogen and oxygen atoms in total. The minimum absolute atomic E-state index is 0.0443. The molecule has 2 N–H and O–H groups in total. The Bertz CT molecular complexity index is 670. The zero-order valence-electron chi connectivity index (χ0n) is 11.3. The number of carbonyl (C=O) groups excluding carboxylic acids is 1. The van der Waals surface area contributed by atoms with E-state index in [4.69, 9.17) is 4.74 Å². The van der Waals surface area contributed by atoms with Gasteiger partial charge < -0.3 is 15.4 Å². The van der Waals surface area contributed by atoms with E-state index >= 15 is 0 Å². The molecule has 0 saturated carbocycles. The van der Waals surface area contributed by atoms with Crippen molar-refractivity contribution >= 4 is 11.6 Å². The summed E-state index contributed by atoms with van der Waals surface area (Å²) < 4.78 is 5.80. The van der Waals surface area contributed by atoms with Crippen molar-refractivity contribution < 1.29 is 9.53 Å². The van der Waals surface area contributed by atoms with Crippen LogP contribution in [0, 0.1) is 6.92 Å². The molecule has 2 aromatic rings. The van der Waals surface area contributed by atoms with Crippen LogP contribution in [0.3, 0.4) is 0 Å². The highest BCUT2D eigenvalue weighted by Crippen LogP contribution is 2.35. The lowest BCUT2D eigenvalue weighted by Crippen LogP contribution is -2.23. The molecule has 102 valence electrons. The molecule has 1 atom stereocenters. The molecule has 0 aliphatic carbocycles. The number of nitrogens with one attached hydrogen (secondary N) is 2. The fourth-order valence-corrected chi connectivity index (χ4v) is 2.30. The number of anilines is 1. The summed E-state index contributed by atoms with van der Waals surface area (Å²) in [5, 5.41) is 5.83. The van der Waals surface area contributed by atoms with Gasteiger partial charge in [-0.1, -0.05) is 6.07 Å². The summed E-state index contributed by atoms with van der Waals surface area (Å²) in [6, 6.07) is 8.99. The summed E-state index contributed by atoms with van der Waals surface area (Å²) in [7, 11) is 1.77. The Morgan fingerprint density at radius 3 is 2.95 bits per heavy atom. The van der Waals surface area contributed by atoms with E-state index in [1.54, 1.807) is 13.2 Å². The first kappa shape index (κ1) is 12.6. The van der Waals surface area contributed by atoms with E-state index in [0.29, 0.717) is 11.5 Å². The highest BCUT2D eigenvalue weighted by Gasteiger charge is 2.29. The normalized spacial score (nSPS) is 16.7. The summed E-state index contributed by atoms with van der Waals surface area (Å²) in [6.07, 6.45) is 1.72. The number of pyridine rings is 1. The number of hydrogen-bond acceptors (Lipinski definition) is 4. The molecular weight excluding hydrogens is 254 g/mol. The molecule has 1 unspecified atom stereocenters. The van der Waals surface area contributed by atoms with Crippen LogP contribution in [0.25, 0.3) is 0 Å². The number of aromatic nitrogens is 1. The van der Waals surface area contributed by atoms with E-state index in [0.717, 1.165) is 16.9 Å². The first-order chi connectivity index (χ1) is 9.69. The van der Waals surface area contributed by atoms with Gasteiger partial charge >= 0.3 is 0 Å². The van der Waals surface area contributed by atoms with Crippen LogP contribution in [0.2, 0.25) is 0 Å². The van der Waals surface area contributed by atoms with Gasteiger partial charge in [0.2, 0.25) is 5.91 Å². The molecule has 5 heteroatoms. The van der Waals surface area contributed by atoms with E-state index in [1.165, 1.54) is 0 Å². The predicted octanol–water partition coefficient (Wildman–Crippen LogP) is 2.39. The van der Waals surface area contributed by atoms with Crippen LogP contribution in [0.5, 0.6) is 11.5 Å². The number of ether oxygens (including phenoxy) is 1. The summed E-state index contributed by atoms with van der Waals surface area (Å²) in [4.78, 5) is 15.9. The summed E-state index contributed by atoms with van der Waals surface area (Å²) in [5.41, 5.74) is 2.55. The molecule has 0 bridgehead atoms. The van der Waals surface area contributed by atoms with E-state index < -0.39 is 0 Å². The van der Waals surface area contributed by atoms with Crippen LogP contribution in [0.1, 0.15) is 17.3 Å². The second-order valence-corrected chi connectivity index (χ2v) is 4.65. The maximum absolute atomic E-state index is 11.8. The van der Waals surface area contributed by atoms with Crippen LogP contribution in [0.4, 0.5) is 5.69 Å². The highest BCUT2D eigenvalue weighted by molar-refractivity contribution is 6.02. The Kier molecular flexibility index (Phi) is 3.12. The molecule has 1 amide bonds. The number of benzene rings is 1. The van der Waals surface area contributed by atoms with E-state index in [9.17, 15) is 4.79 Å². The second kappa shape index (κ2) is 4.94. The van der Waals surface area contributed by atoms with Crippen LogP contribution >= 0.6 is 0 Å². The van der Waals surface area contributed by atoms with Gasteiger partial charge in [0.25, 0.3) is 0 Å². The van der Waals surface area contributed by atoms with Gasteiger partial charge in [0, 0.05) is 23.5 Å². The predicted molar refractivity (Wildman–Crippen MR) is 75.9 cm³/mol. The first-order valence-electron chi connectivity index (χ1n) is 6.40. The molecule has 0 spiro atoms. The minimum atomic E-state index is -0.292. The SMILES string of the molecule is CNC1C(=O)Nc2cc(Oc3cccnc3C)ccc21. The number of hydrogen-bond donors (Lipinski definition) is 2. The molecule has 3 rings (SSSR count). The van der Waals surface area contributed by atoms with Gasteiger partial charge in [0.05, 0.1) is 5.69 Å². The molecule has 2 heterocycles. The number of rotatable bonds is 3. The lowest BCUT2D eigenvalue weighted by molar-refractivity contribution is -0.117. The quantitative estimate of drug-likeness (QED) is 0.898. The molecule has 0 fully saturated rings. The van der Waals surface area contributed by atoms with Crippen molar-refractivity contribution in [2.45, 2.75) is 13.0 Å². The topological polar surface area (TPSA) is 63.2 Å². The molecule has 0 radical (unpaired) electrons. The van der Waals surface area contributed by atoms with Gasteiger partial charge in [-0.15, -0.1) is 0 Å². The number of carbonyl (C=O) groups is 1. The molecule has 1 aromatic carbocycles. The van der Waals surface area contributed by atoms with Crippen molar-refractivity contribution in [2.75, 3.05) is 12.4 Å². The van der Waals surface area contributed by atoms with Gasteiger partial charge in [-0.05, 0) is 32.2 Å². The number of likely N-dealkylation sites (N-methyl/N-ethyl adjacent to an activating group) is 1. The highest BCUT2D eigenvalue weighted by atomic mass is 16.5. The van der Waals surface area contributed by atoms with Gasteiger partial charge in [-0.25, -0.2) is 0 Å². The Labute approximate surface area is 117 Å². The third-order valence-electron chi connectivity index (χ3n) is 3.33.